The second-order valence-electron chi connectivity index (χ2n) is 8.28. The van der Waals surface area contributed by atoms with E-state index in [2.05, 4.69) is 53.4 Å². The number of alkyl halides is 3. The Morgan fingerprint density at radius 2 is 1.16 bits per heavy atom. The number of halogens is 3. The highest BCUT2D eigenvalue weighted by atomic mass is 32.1. The van der Waals surface area contributed by atoms with Gasteiger partial charge in [0.2, 0.25) is 0 Å². The molecule has 0 radical (unpaired) electrons. The van der Waals surface area contributed by atoms with Crippen molar-refractivity contribution < 1.29 is 23.1 Å². The topological polar surface area (TPSA) is 40.5 Å². The zero-order valence-corrected chi connectivity index (χ0v) is 21.4. The largest absolute Gasteiger partial charge is 0.478 e. The summed E-state index contributed by atoms with van der Waals surface area (Å²) in [5.41, 5.74) is 2.54. The van der Waals surface area contributed by atoms with Crippen molar-refractivity contribution >= 4 is 51.8 Å². The minimum absolute atomic E-state index is 0.232. The van der Waals surface area contributed by atoms with Gasteiger partial charge in [0.1, 0.15) is 5.57 Å². The second kappa shape index (κ2) is 10.7. The van der Waals surface area contributed by atoms with Crippen LogP contribution in [-0.2, 0) is 4.79 Å². The first-order chi connectivity index (χ1) is 18.3. The van der Waals surface area contributed by atoms with E-state index in [4.69, 9.17) is 5.11 Å². The molecule has 5 aromatic rings. The van der Waals surface area contributed by atoms with Crippen molar-refractivity contribution in [3.05, 3.63) is 120 Å². The maximum atomic E-state index is 13.0. The van der Waals surface area contributed by atoms with E-state index < -0.39 is 17.7 Å². The van der Waals surface area contributed by atoms with Gasteiger partial charge in [0.25, 0.3) is 0 Å². The molecule has 0 amide bonds. The molecule has 0 saturated carbocycles. The number of carboxylic acids is 1. The maximum absolute atomic E-state index is 13.0. The molecule has 2 aromatic heterocycles. The number of aliphatic carboxylic acids is 1. The van der Waals surface area contributed by atoms with E-state index in [9.17, 15) is 18.0 Å². The van der Waals surface area contributed by atoms with Crippen LogP contribution in [0.3, 0.4) is 0 Å². The van der Waals surface area contributed by atoms with E-state index in [0.717, 1.165) is 48.6 Å². The van der Waals surface area contributed by atoms with Crippen molar-refractivity contribution in [1.29, 1.82) is 0 Å². The van der Waals surface area contributed by atoms with E-state index >= 15 is 0 Å². The fourth-order valence-corrected chi connectivity index (χ4v) is 6.02. The molecule has 0 saturated heterocycles. The summed E-state index contributed by atoms with van der Waals surface area (Å²) in [4.78, 5) is 16.1. The average molecular weight is 548 g/mol. The van der Waals surface area contributed by atoms with Crippen LogP contribution in [0.4, 0.5) is 30.2 Å². The Bertz CT molecular complexity index is 1530. The molecule has 0 fully saturated rings. The zero-order valence-electron chi connectivity index (χ0n) is 19.7. The molecule has 3 aromatic carbocycles. The third kappa shape index (κ3) is 5.56. The van der Waals surface area contributed by atoms with Crippen molar-refractivity contribution in [2.45, 2.75) is 6.18 Å². The Hall–Kier alpha value is -4.14. The first-order valence-electron chi connectivity index (χ1n) is 11.5. The first kappa shape index (κ1) is 25.5. The van der Waals surface area contributed by atoms with Gasteiger partial charge in [-0.3, -0.25) is 0 Å². The Balaban J connectivity index is 1.40. The van der Waals surface area contributed by atoms with Gasteiger partial charge in [0.05, 0.1) is 0 Å². The lowest BCUT2D eigenvalue weighted by molar-refractivity contribution is -0.144. The molecule has 0 atom stereocenters. The van der Waals surface area contributed by atoms with Crippen molar-refractivity contribution in [1.82, 2.24) is 0 Å². The lowest BCUT2D eigenvalue weighted by Gasteiger charge is -2.25. The Kier molecular flexibility index (Phi) is 7.18. The fourth-order valence-electron chi connectivity index (χ4n) is 3.97. The van der Waals surface area contributed by atoms with Crippen LogP contribution in [0.1, 0.15) is 4.88 Å². The predicted molar refractivity (Wildman–Crippen MR) is 149 cm³/mol. The standard InChI is InChI=1S/C30H20F3NO2S2/c31-30(32,33)25(29(35)36)19-24-15-16-27(37-24)28-18-17-26(38-28)20-11-13-23(14-12-20)34(21-7-3-1-4-8-21)22-9-5-2-6-10-22/h1-19H,(H,35,36)/b25-19-. The Morgan fingerprint density at radius 1 is 0.658 bits per heavy atom. The molecule has 0 aliphatic carbocycles. The summed E-state index contributed by atoms with van der Waals surface area (Å²) in [5.74, 6) is -1.99. The number of rotatable bonds is 7. The van der Waals surface area contributed by atoms with Gasteiger partial charge in [0, 0.05) is 36.6 Å². The smallest absolute Gasteiger partial charge is 0.423 e. The van der Waals surface area contributed by atoms with E-state index in [1.807, 2.05) is 48.5 Å². The fraction of sp³-hybridized carbons (Fsp3) is 0.0333. The Labute approximate surface area is 225 Å². The van der Waals surface area contributed by atoms with Crippen LogP contribution in [0.5, 0.6) is 0 Å². The zero-order chi connectivity index (χ0) is 26.7. The molecular formula is C30H20F3NO2S2. The van der Waals surface area contributed by atoms with Gasteiger partial charge in [-0.15, -0.1) is 22.7 Å². The number of hydrogen-bond donors (Lipinski definition) is 1. The molecule has 0 aliphatic rings. The molecule has 38 heavy (non-hydrogen) atoms. The number of carboxylic acid groups (broad SMARTS) is 1. The number of para-hydroxylation sites is 2. The summed E-state index contributed by atoms with van der Waals surface area (Å²) in [5, 5.41) is 8.92. The normalized spacial score (nSPS) is 11.9. The molecule has 190 valence electrons. The second-order valence-corrected chi connectivity index (χ2v) is 10.5. The van der Waals surface area contributed by atoms with E-state index in [1.54, 1.807) is 6.07 Å². The van der Waals surface area contributed by atoms with Gasteiger partial charge in [-0.05, 0) is 72.3 Å². The molecule has 3 nitrogen and oxygen atoms in total. The van der Waals surface area contributed by atoms with Crippen LogP contribution in [-0.4, -0.2) is 17.3 Å². The van der Waals surface area contributed by atoms with Crippen molar-refractivity contribution in [3.63, 3.8) is 0 Å². The summed E-state index contributed by atoms with van der Waals surface area (Å²) in [7, 11) is 0. The average Bonchev–Trinajstić information content (AvgIpc) is 3.58. The lowest BCUT2D eigenvalue weighted by atomic mass is 10.1. The maximum Gasteiger partial charge on any atom is 0.423 e. The molecular weight excluding hydrogens is 527 g/mol. The molecule has 0 aliphatic heterocycles. The third-order valence-corrected chi connectivity index (χ3v) is 8.10. The number of thiophene rings is 2. The molecule has 5 rings (SSSR count). The van der Waals surface area contributed by atoms with Crippen LogP contribution in [0.2, 0.25) is 0 Å². The SMILES string of the molecule is O=C(O)/C(=C/c1ccc(-c2ccc(-c3ccc(N(c4ccccc4)c4ccccc4)cc3)s2)s1)C(F)(F)F. The van der Waals surface area contributed by atoms with Crippen LogP contribution in [0, 0.1) is 0 Å². The number of carbonyl (C=O) groups is 1. The minimum Gasteiger partial charge on any atom is -0.478 e. The summed E-state index contributed by atoms with van der Waals surface area (Å²) in [6.45, 7) is 0. The summed E-state index contributed by atoms with van der Waals surface area (Å²) < 4.78 is 39.0. The Morgan fingerprint density at radius 3 is 1.71 bits per heavy atom. The van der Waals surface area contributed by atoms with Crippen molar-refractivity contribution in [2.24, 2.45) is 0 Å². The molecule has 1 N–H and O–H groups in total. The van der Waals surface area contributed by atoms with Gasteiger partial charge in [-0.25, -0.2) is 4.79 Å². The van der Waals surface area contributed by atoms with Gasteiger partial charge < -0.3 is 10.0 Å². The van der Waals surface area contributed by atoms with Crippen LogP contribution >= 0.6 is 22.7 Å². The predicted octanol–water partition coefficient (Wildman–Crippen LogP) is 9.64. The number of benzene rings is 3. The van der Waals surface area contributed by atoms with Crippen molar-refractivity contribution in [3.8, 4) is 20.2 Å². The van der Waals surface area contributed by atoms with Crippen molar-refractivity contribution in [2.75, 3.05) is 4.90 Å². The first-order valence-corrected chi connectivity index (χ1v) is 13.2. The highest BCUT2D eigenvalue weighted by Gasteiger charge is 2.38. The van der Waals surface area contributed by atoms with Crippen LogP contribution < -0.4 is 4.90 Å². The monoisotopic (exact) mass is 547 g/mol. The van der Waals surface area contributed by atoms with Gasteiger partial charge in [-0.2, -0.15) is 13.2 Å². The summed E-state index contributed by atoms with van der Waals surface area (Å²) >= 11 is 2.65. The van der Waals surface area contributed by atoms with Crippen LogP contribution in [0.25, 0.3) is 26.3 Å². The molecule has 0 unspecified atom stereocenters. The lowest BCUT2D eigenvalue weighted by Crippen LogP contribution is -2.19. The molecule has 8 heteroatoms. The van der Waals surface area contributed by atoms with Crippen LogP contribution in [0.15, 0.2) is 115 Å². The number of hydrogen-bond acceptors (Lipinski definition) is 4. The van der Waals surface area contributed by atoms with E-state index in [-0.39, 0.29) is 4.88 Å². The van der Waals surface area contributed by atoms with Gasteiger partial charge >= 0.3 is 12.1 Å². The molecule has 2 heterocycles. The van der Waals surface area contributed by atoms with E-state index in [1.165, 1.54) is 17.4 Å². The summed E-state index contributed by atoms with van der Waals surface area (Å²) in [6.07, 6.45) is -4.25. The highest BCUT2D eigenvalue weighted by Crippen LogP contribution is 2.40. The number of nitrogens with zero attached hydrogens (tertiary/aromatic N) is 1. The summed E-state index contributed by atoms with van der Waals surface area (Å²) in [6, 6.07) is 35.6. The highest BCUT2D eigenvalue weighted by molar-refractivity contribution is 7.24. The third-order valence-electron chi connectivity index (χ3n) is 5.74. The quantitative estimate of drug-likeness (QED) is 0.206. The number of anilines is 3. The van der Waals surface area contributed by atoms with E-state index in [0.29, 0.717) is 6.08 Å². The van der Waals surface area contributed by atoms with Gasteiger partial charge in [-0.1, -0.05) is 48.5 Å². The minimum atomic E-state index is -4.92. The molecule has 0 spiro atoms. The molecule has 0 bridgehead atoms. The van der Waals surface area contributed by atoms with Gasteiger partial charge in [0.15, 0.2) is 0 Å².